The highest BCUT2D eigenvalue weighted by Gasteiger charge is 2.29. The number of carbonyl (C=O) groups is 1. The number of piperidine rings is 1. The van der Waals surface area contributed by atoms with Crippen molar-refractivity contribution in [3.63, 3.8) is 0 Å². The molecule has 2 aliphatic rings. The first kappa shape index (κ1) is 11.9. The van der Waals surface area contributed by atoms with Crippen LogP contribution in [0.25, 0.3) is 0 Å². The van der Waals surface area contributed by atoms with Gasteiger partial charge in [-0.15, -0.1) is 0 Å². The first-order valence-electron chi connectivity index (χ1n) is 6.59. The molecule has 1 amide bonds. The Labute approximate surface area is 98.1 Å². The molecule has 1 saturated carbocycles. The van der Waals surface area contributed by atoms with Crippen molar-refractivity contribution in [2.75, 3.05) is 26.8 Å². The summed E-state index contributed by atoms with van der Waals surface area (Å²) in [5.41, 5.74) is 0. The van der Waals surface area contributed by atoms with Gasteiger partial charge in [0.05, 0.1) is 0 Å². The molecule has 0 unspecified atom stereocenters. The van der Waals surface area contributed by atoms with E-state index in [4.69, 9.17) is 4.74 Å². The number of amides is 1. The average Bonchev–Trinajstić information content (AvgIpc) is 2.83. The standard InChI is InChI=1S/C13H23NO2/c1-16-10-11-6-8-14(9-7-11)13(15)12-4-2-3-5-12/h11-12H,2-10H2,1H3. The maximum atomic E-state index is 12.2. The fraction of sp³-hybridized carbons (Fsp3) is 0.923. The van der Waals surface area contributed by atoms with Crippen LogP contribution in [-0.4, -0.2) is 37.6 Å². The van der Waals surface area contributed by atoms with Crippen LogP contribution in [0.3, 0.4) is 0 Å². The molecule has 0 radical (unpaired) electrons. The third-order valence-electron chi connectivity index (χ3n) is 4.03. The molecule has 0 bridgehead atoms. The van der Waals surface area contributed by atoms with Crippen LogP contribution >= 0.6 is 0 Å². The zero-order valence-electron chi connectivity index (χ0n) is 10.3. The average molecular weight is 225 g/mol. The predicted octanol–water partition coefficient (Wildman–Crippen LogP) is 2.06. The zero-order valence-corrected chi connectivity index (χ0v) is 10.3. The number of rotatable bonds is 3. The van der Waals surface area contributed by atoms with Gasteiger partial charge in [0.1, 0.15) is 0 Å². The summed E-state index contributed by atoms with van der Waals surface area (Å²) in [7, 11) is 1.76. The monoisotopic (exact) mass is 225 g/mol. The third kappa shape index (κ3) is 2.76. The molecule has 1 heterocycles. The van der Waals surface area contributed by atoms with Crippen molar-refractivity contribution in [2.45, 2.75) is 38.5 Å². The first-order valence-corrected chi connectivity index (χ1v) is 6.59. The molecular weight excluding hydrogens is 202 g/mol. The lowest BCUT2D eigenvalue weighted by Crippen LogP contribution is -2.41. The van der Waals surface area contributed by atoms with Crippen LogP contribution in [0.2, 0.25) is 0 Å². The van der Waals surface area contributed by atoms with E-state index < -0.39 is 0 Å². The fourth-order valence-corrected chi connectivity index (χ4v) is 2.99. The second-order valence-electron chi connectivity index (χ2n) is 5.21. The van der Waals surface area contributed by atoms with Gasteiger partial charge < -0.3 is 9.64 Å². The maximum absolute atomic E-state index is 12.2. The van der Waals surface area contributed by atoms with Gasteiger partial charge in [0.2, 0.25) is 5.91 Å². The molecule has 1 saturated heterocycles. The molecule has 2 rings (SSSR count). The number of nitrogens with zero attached hydrogens (tertiary/aromatic N) is 1. The van der Waals surface area contributed by atoms with Crippen molar-refractivity contribution in [2.24, 2.45) is 11.8 Å². The Hall–Kier alpha value is -0.570. The Morgan fingerprint density at radius 2 is 1.81 bits per heavy atom. The van der Waals surface area contributed by atoms with Crippen molar-refractivity contribution in [1.82, 2.24) is 4.90 Å². The topological polar surface area (TPSA) is 29.5 Å². The molecule has 3 heteroatoms. The molecule has 1 aliphatic carbocycles. The van der Waals surface area contributed by atoms with Gasteiger partial charge >= 0.3 is 0 Å². The summed E-state index contributed by atoms with van der Waals surface area (Å²) >= 11 is 0. The number of ether oxygens (including phenoxy) is 1. The second-order valence-corrected chi connectivity index (χ2v) is 5.21. The van der Waals surface area contributed by atoms with E-state index >= 15 is 0 Å². The van der Waals surface area contributed by atoms with Gasteiger partial charge in [-0.1, -0.05) is 12.8 Å². The molecule has 2 fully saturated rings. The van der Waals surface area contributed by atoms with Crippen molar-refractivity contribution in [1.29, 1.82) is 0 Å². The van der Waals surface area contributed by atoms with Crippen LogP contribution in [0.1, 0.15) is 38.5 Å². The van der Waals surface area contributed by atoms with E-state index in [-0.39, 0.29) is 0 Å². The van der Waals surface area contributed by atoms with E-state index in [1.165, 1.54) is 12.8 Å². The molecule has 0 N–H and O–H groups in total. The SMILES string of the molecule is COCC1CCN(C(=O)C2CCCC2)CC1. The van der Waals surface area contributed by atoms with Gasteiger partial charge in [-0.25, -0.2) is 0 Å². The van der Waals surface area contributed by atoms with E-state index in [0.29, 0.717) is 17.7 Å². The highest BCUT2D eigenvalue weighted by Crippen LogP contribution is 2.28. The van der Waals surface area contributed by atoms with E-state index in [9.17, 15) is 4.79 Å². The van der Waals surface area contributed by atoms with E-state index in [1.54, 1.807) is 7.11 Å². The summed E-state index contributed by atoms with van der Waals surface area (Å²) in [6, 6.07) is 0. The first-order chi connectivity index (χ1) is 7.81. The Morgan fingerprint density at radius 3 is 2.38 bits per heavy atom. The largest absolute Gasteiger partial charge is 0.384 e. The molecule has 0 atom stereocenters. The summed E-state index contributed by atoms with van der Waals surface area (Å²) < 4.78 is 5.17. The molecule has 1 aliphatic heterocycles. The highest BCUT2D eigenvalue weighted by atomic mass is 16.5. The minimum atomic E-state index is 0.346. The van der Waals surface area contributed by atoms with E-state index in [2.05, 4.69) is 4.90 Å². The summed E-state index contributed by atoms with van der Waals surface area (Å²) in [6.45, 7) is 2.75. The molecule has 0 aromatic carbocycles. The number of hydrogen-bond acceptors (Lipinski definition) is 2. The summed E-state index contributed by atoms with van der Waals surface area (Å²) in [6.07, 6.45) is 6.97. The maximum Gasteiger partial charge on any atom is 0.225 e. The Balaban J connectivity index is 1.77. The normalized spacial score (nSPS) is 23.9. The van der Waals surface area contributed by atoms with Gasteiger partial charge in [-0.2, -0.15) is 0 Å². The van der Waals surface area contributed by atoms with E-state index in [1.807, 2.05) is 0 Å². The van der Waals surface area contributed by atoms with Crippen molar-refractivity contribution in [3.8, 4) is 0 Å². The summed E-state index contributed by atoms with van der Waals surface area (Å²) in [5.74, 6) is 1.44. The van der Waals surface area contributed by atoms with Gasteiger partial charge in [-0.3, -0.25) is 4.79 Å². The zero-order chi connectivity index (χ0) is 11.4. The number of methoxy groups -OCH3 is 1. The second kappa shape index (κ2) is 5.67. The number of hydrogen-bond donors (Lipinski definition) is 0. The Kier molecular flexibility index (Phi) is 4.22. The molecule has 16 heavy (non-hydrogen) atoms. The fourth-order valence-electron chi connectivity index (χ4n) is 2.99. The number of likely N-dealkylation sites (tertiary alicyclic amines) is 1. The molecule has 0 aromatic heterocycles. The summed E-state index contributed by atoms with van der Waals surface area (Å²) in [5, 5.41) is 0. The summed E-state index contributed by atoms with van der Waals surface area (Å²) in [4.78, 5) is 14.2. The third-order valence-corrected chi connectivity index (χ3v) is 4.03. The Bertz CT molecular complexity index is 228. The lowest BCUT2D eigenvalue weighted by Gasteiger charge is -2.33. The molecule has 0 spiro atoms. The molecule has 0 aromatic rings. The smallest absolute Gasteiger partial charge is 0.225 e. The van der Waals surface area contributed by atoms with Gasteiger partial charge in [0, 0.05) is 32.7 Å². The van der Waals surface area contributed by atoms with Crippen LogP contribution in [-0.2, 0) is 9.53 Å². The minimum Gasteiger partial charge on any atom is -0.384 e. The van der Waals surface area contributed by atoms with Crippen LogP contribution < -0.4 is 0 Å². The van der Waals surface area contributed by atoms with Crippen molar-refractivity contribution in [3.05, 3.63) is 0 Å². The lowest BCUT2D eigenvalue weighted by atomic mass is 9.96. The lowest BCUT2D eigenvalue weighted by molar-refractivity contribution is -0.137. The quantitative estimate of drug-likeness (QED) is 0.736. The van der Waals surface area contributed by atoms with Crippen molar-refractivity contribution >= 4 is 5.91 Å². The predicted molar refractivity (Wildman–Crippen MR) is 63.1 cm³/mol. The van der Waals surface area contributed by atoms with E-state index in [0.717, 1.165) is 45.4 Å². The van der Waals surface area contributed by atoms with Crippen LogP contribution in [0.5, 0.6) is 0 Å². The van der Waals surface area contributed by atoms with Gasteiger partial charge in [0.15, 0.2) is 0 Å². The van der Waals surface area contributed by atoms with Crippen LogP contribution in [0.15, 0.2) is 0 Å². The van der Waals surface area contributed by atoms with Crippen molar-refractivity contribution < 1.29 is 9.53 Å². The molecule has 3 nitrogen and oxygen atoms in total. The molecule has 92 valence electrons. The van der Waals surface area contributed by atoms with Crippen LogP contribution in [0.4, 0.5) is 0 Å². The Morgan fingerprint density at radius 1 is 1.19 bits per heavy atom. The highest BCUT2D eigenvalue weighted by molar-refractivity contribution is 5.79. The van der Waals surface area contributed by atoms with Crippen LogP contribution in [0, 0.1) is 11.8 Å². The minimum absolute atomic E-state index is 0.346. The number of carbonyl (C=O) groups excluding carboxylic acids is 1. The van der Waals surface area contributed by atoms with Gasteiger partial charge in [0.25, 0.3) is 0 Å². The van der Waals surface area contributed by atoms with Gasteiger partial charge in [-0.05, 0) is 31.6 Å². The molecular formula is C13H23NO2.